The predicted octanol–water partition coefficient (Wildman–Crippen LogP) is 3.13. The van der Waals surface area contributed by atoms with Gasteiger partial charge in [-0.1, -0.05) is 12.1 Å². The monoisotopic (exact) mass is 272 g/mol. The molecule has 88 valence electrons. The molecule has 1 aromatic heterocycles. The van der Waals surface area contributed by atoms with Crippen LogP contribution in [-0.4, -0.2) is 15.0 Å². The summed E-state index contributed by atoms with van der Waals surface area (Å²) < 4.78 is 14.9. The first kappa shape index (κ1) is 12.1. The van der Waals surface area contributed by atoms with E-state index in [1.165, 1.54) is 16.9 Å². The molecule has 0 N–H and O–H groups in total. The molecule has 17 heavy (non-hydrogen) atoms. The maximum Gasteiger partial charge on any atom is 0.255 e. The highest BCUT2D eigenvalue weighted by atomic mass is 35.5. The summed E-state index contributed by atoms with van der Waals surface area (Å²) in [5.74, 6) is -0.433. The van der Waals surface area contributed by atoms with Crippen molar-refractivity contribution in [1.82, 2.24) is 9.78 Å². The zero-order chi connectivity index (χ0) is 12.4. The van der Waals surface area contributed by atoms with E-state index >= 15 is 0 Å². The maximum atomic E-state index is 13.6. The van der Waals surface area contributed by atoms with Gasteiger partial charge in [-0.25, -0.2) is 9.07 Å². The topological polar surface area (TPSA) is 34.9 Å². The van der Waals surface area contributed by atoms with E-state index in [2.05, 4.69) is 5.10 Å². The lowest BCUT2D eigenvalue weighted by molar-refractivity contribution is 0.108. The van der Waals surface area contributed by atoms with Gasteiger partial charge in [-0.3, -0.25) is 4.79 Å². The third-order valence-corrected chi connectivity index (χ3v) is 2.74. The Balaban J connectivity index is 2.61. The number of hydrogen-bond acceptors (Lipinski definition) is 2. The molecular weight excluding hydrogens is 266 g/mol. The Labute approximate surface area is 107 Å². The third-order valence-electron chi connectivity index (χ3n) is 2.29. The Bertz CT molecular complexity index is 568. The molecule has 0 aliphatic rings. The van der Waals surface area contributed by atoms with Crippen LogP contribution in [0.15, 0.2) is 30.5 Å². The van der Waals surface area contributed by atoms with Crippen LogP contribution in [0.25, 0.3) is 5.69 Å². The Hall–Kier alpha value is -1.39. The van der Waals surface area contributed by atoms with Gasteiger partial charge >= 0.3 is 0 Å². The van der Waals surface area contributed by atoms with Gasteiger partial charge in [-0.15, -0.1) is 11.6 Å². The molecule has 0 fully saturated rings. The molecule has 0 amide bonds. The number of alkyl halides is 1. The van der Waals surface area contributed by atoms with E-state index in [0.717, 1.165) is 0 Å². The van der Waals surface area contributed by atoms with Crippen molar-refractivity contribution in [3.8, 4) is 5.69 Å². The van der Waals surface area contributed by atoms with Crippen molar-refractivity contribution in [2.24, 2.45) is 0 Å². The van der Waals surface area contributed by atoms with Crippen LogP contribution in [0.5, 0.6) is 0 Å². The van der Waals surface area contributed by atoms with Gasteiger partial charge in [0.2, 0.25) is 0 Å². The van der Waals surface area contributed by atoms with E-state index < -0.39 is 11.1 Å². The minimum atomic E-state index is -0.664. The standard InChI is InChI=1S/C11H7Cl2FN2O/c12-5-10-7(11(13)17)6-15-16(10)9-4-2-1-3-8(9)14/h1-4,6H,5H2. The number of halogens is 3. The average molecular weight is 273 g/mol. The van der Waals surface area contributed by atoms with Crippen molar-refractivity contribution in [3.05, 3.63) is 47.5 Å². The van der Waals surface area contributed by atoms with Crippen LogP contribution in [0, 0.1) is 5.82 Å². The van der Waals surface area contributed by atoms with Crippen molar-refractivity contribution in [3.63, 3.8) is 0 Å². The Morgan fingerprint density at radius 1 is 1.41 bits per heavy atom. The molecule has 0 bridgehead atoms. The highest BCUT2D eigenvalue weighted by molar-refractivity contribution is 6.67. The van der Waals surface area contributed by atoms with Crippen LogP contribution < -0.4 is 0 Å². The van der Waals surface area contributed by atoms with Crippen molar-refractivity contribution in [2.75, 3.05) is 0 Å². The number of hydrogen-bond donors (Lipinski definition) is 0. The first-order chi connectivity index (χ1) is 8.15. The summed E-state index contributed by atoms with van der Waals surface area (Å²) in [6.07, 6.45) is 1.28. The van der Waals surface area contributed by atoms with E-state index in [9.17, 15) is 9.18 Å². The second-order valence-electron chi connectivity index (χ2n) is 3.28. The molecule has 0 aliphatic carbocycles. The van der Waals surface area contributed by atoms with Crippen LogP contribution in [0.3, 0.4) is 0 Å². The quantitative estimate of drug-likeness (QED) is 0.636. The summed E-state index contributed by atoms with van der Waals surface area (Å²) in [6.45, 7) is 0. The van der Waals surface area contributed by atoms with Gasteiger partial charge in [0.05, 0.1) is 23.3 Å². The Morgan fingerprint density at radius 3 is 2.71 bits per heavy atom. The molecule has 2 aromatic rings. The molecule has 0 saturated carbocycles. The summed E-state index contributed by atoms with van der Waals surface area (Å²) in [5, 5.41) is 3.26. The fraction of sp³-hybridized carbons (Fsp3) is 0.0909. The van der Waals surface area contributed by atoms with Crippen LogP contribution >= 0.6 is 23.2 Å². The van der Waals surface area contributed by atoms with Gasteiger partial charge < -0.3 is 0 Å². The summed E-state index contributed by atoms with van der Waals surface area (Å²) in [4.78, 5) is 11.1. The molecule has 0 spiro atoms. The van der Waals surface area contributed by atoms with Gasteiger partial charge in [0.1, 0.15) is 11.5 Å². The zero-order valence-corrected chi connectivity index (χ0v) is 10.0. The van der Waals surface area contributed by atoms with Gasteiger partial charge in [0.15, 0.2) is 0 Å². The molecule has 3 nitrogen and oxygen atoms in total. The van der Waals surface area contributed by atoms with Crippen molar-refractivity contribution >= 4 is 28.4 Å². The SMILES string of the molecule is O=C(Cl)c1cnn(-c2ccccc2F)c1CCl. The number of carbonyl (C=O) groups excluding carboxylic acids is 1. The van der Waals surface area contributed by atoms with Crippen molar-refractivity contribution in [2.45, 2.75) is 5.88 Å². The van der Waals surface area contributed by atoms with Gasteiger partial charge in [-0.05, 0) is 23.7 Å². The summed E-state index contributed by atoms with van der Waals surface area (Å²) >= 11 is 11.1. The van der Waals surface area contributed by atoms with Gasteiger partial charge in [-0.2, -0.15) is 5.10 Å². The lowest BCUT2D eigenvalue weighted by Gasteiger charge is -2.06. The van der Waals surface area contributed by atoms with Gasteiger partial charge in [0.25, 0.3) is 5.24 Å². The van der Waals surface area contributed by atoms with Gasteiger partial charge in [0, 0.05) is 0 Å². The number of para-hydroxylation sites is 1. The lowest BCUT2D eigenvalue weighted by Crippen LogP contribution is -2.05. The highest BCUT2D eigenvalue weighted by Gasteiger charge is 2.17. The van der Waals surface area contributed by atoms with Crippen molar-refractivity contribution in [1.29, 1.82) is 0 Å². The molecule has 6 heteroatoms. The molecule has 0 radical (unpaired) electrons. The number of benzene rings is 1. The predicted molar refractivity (Wildman–Crippen MR) is 63.3 cm³/mol. The number of carbonyl (C=O) groups is 1. The second kappa shape index (κ2) is 4.85. The number of nitrogens with zero attached hydrogens (tertiary/aromatic N) is 2. The average Bonchev–Trinajstić information content (AvgIpc) is 2.73. The molecule has 0 unspecified atom stereocenters. The lowest BCUT2D eigenvalue weighted by atomic mass is 10.2. The van der Waals surface area contributed by atoms with E-state index in [-0.39, 0.29) is 17.1 Å². The summed E-state index contributed by atoms with van der Waals surface area (Å²) in [6, 6.07) is 6.08. The summed E-state index contributed by atoms with van der Waals surface area (Å²) in [5.41, 5.74) is 0.786. The van der Waals surface area contributed by atoms with E-state index in [1.807, 2.05) is 0 Å². The first-order valence-electron chi connectivity index (χ1n) is 4.72. The molecule has 1 aromatic carbocycles. The van der Waals surface area contributed by atoms with Crippen LogP contribution in [0.2, 0.25) is 0 Å². The van der Waals surface area contributed by atoms with Crippen LogP contribution in [0.1, 0.15) is 16.1 Å². The Kier molecular flexibility index (Phi) is 3.45. The third kappa shape index (κ3) is 2.18. The zero-order valence-electron chi connectivity index (χ0n) is 8.53. The fourth-order valence-electron chi connectivity index (χ4n) is 1.50. The largest absolute Gasteiger partial charge is 0.275 e. The van der Waals surface area contributed by atoms with Crippen LogP contribution in [0.4, 0.5) is 4.39 Å². The molecule has 2 rings (SSSR count). The number of rotatable bonds is 3. The second-order valence-corrected chi connectivity index (χ2v) is 3.89. The molecule has 0 aliphatic heterocycles. The van der Waals surface area contributed by atoms with E-state index in [4.69, 9.17) is 23.2 Å². The molecule has 0 atom stereocenters. The fourth-order valence-corrected chi connectivity index (χ4v) is 1.91. The van der Waals surface area contributed by atoms with Crippen LogP contribution in [-0.2, 0) is 5.88 Å². The minimum absolute atomic E-state index is 0.0160. The number of aromatic nitrogens is 2. The highest BCUT2D eigenvalue weighted by Crippen LogP contribution is 2.20. The minimum Gasteiger partial charge on any atom is -0.275 e. The van der Waals surface area contributed by atoms with E-state index in [1.54, 1.807) is 18.2 Å². The van der Waals surface area contributed by atoms with Crippen molar-refractivity contribution < 1.29 is 9.18 Å². The summed E-state index contributed by atoms with van der Waals surface area (Å²) in [7, 11) is 0. The van der Waals surface area contributed by atoms with E-state index in [0.29, 0.717) is 5.69 Å². The molecule has 1 heterocycles. The normalized spacial score (nSPS) is 10.5. The maximum absolute atomic E-state index is 13.6. The smallest absolute Gasteiger partial charge is 0.255 e. The first-order valence-corrected chi connectivity index (χ1v) is 5.64. The molecular formula is C11H7Cl2FN2O. The molecule has 0 saturated heterocycles. The Morgan fingerprint density at radius 2 is 2.12 bits per heavy atom.